The van der Waals surface area contributed by atoms with Gasteiger partial charge in [0.25, 0.3) is 0 Å². The smallest absolute Gasteiger partial charge is 0.169 e. The van der Waals surface area contributed by atoms with E-state index in [1.165, 1.54) is 0 Å². The zero-order valence-corrected chi connectivity index (χ0v) is 21.7. The van der Waals surface area contributed by atoms with E-state index < -0.39 is 0 Å². The largest absolute Gasteiger partial charge is 0.354 e. The van der Waals surface area contributed by atoms with Crippen LogP contribution in [0.3, 0.4) is 0 Å². The third kappa shape index (κ3) is 5.95. The van der Waals surface area contributed by atoms with Crippen LogP contribution in [0.5, 0.6) is 0 Å². The summed E-state index contributed by atoms with van der Waals surface area (Å²) in [7, 11) is 0. The molecule has 0 spiro atoms. The van der Waals surface area contributed by atoms with Crippen LogP contribution >= 0.6 is 0 Å². The molecule has 2 aliphatic rings. The molecule has 2 aromatic heterocycles. The number of pyridine rings is 2. The zero-order chi connectivity index (χ0) is 25.3. The summed E-state index contributed by atoms with van der Waals surface area (Å²) >= 11 is 0. The van der Waals surface area contributed by atoms with Gasteiger partial charge in [0, 0.05) is 84.4 Å². The standard InChI is InChI=1S/C30H36N6/c1-5-33-17-9-25(10-18-33)29(26-11-19-34(6-2)20-12-26)31-32-30(27-13-21-35(7-3)22-14-27)28-15-23-36(8-4)24-16-28/h9-24H,5-8H2,1-4H3/q+2. The third-order valence-corrected chi connectivity index (χ3v) is 6.37. The minimum Gasteiger partial charge on any atom is -0.354 e. The molecule has 0 bridgehead atoms. The highest BCUT2D eigenvalue weighted by Gasteiger charge is 2.14. The third-order valence-electron chi connectivity index (χ3n) is 6.37. The summed E-state index contributed by atoms with van der Waals surface area (Å²) in [5.41, 5.74) is 5.82. The van der Waals surface area contributed by atoms with Gasteiger partial charge in [-0.3, -0.25) is 0 Å². The van der Waals surface area contributed by atoms with Crippen molar-refractivity contribution in [3.05, 3.63) is 120 Å². The molecule has 6 nitrogen and oxygen atoms in total. The second-order valence-corrected chi connectivity index (χ2v) is 8.57. The van der Waals surface area contributed by atoms with Crippen LogP contribution in [0, 0.1) is 0 Å². The highest BCUT2D eigenvalue weighted by molar-refractivity contribution is 5.75. The molecular formula is C30H36N6+2. The molecule has 4 heterocycles. The van der Waals surface area contributed by atoms with Gasteiger partial charge < -0.3 is 9.80 Å². The number of hydrogen-bond donors (Lipinski definition) is 0. The average molecular weight is 481 g/mol. The van der Waals surface area contributed by atoms with Gasteiger partial charge in [-0.05, 0) is 52.0 Å². The van der Waals surface area contributed by atoms with Crippen LogP contribution in [0.15, 0.2) is 120 Å². The molecule has 0 saturated carbocycles. The molecule has 0 radical (unpaired) electrons. The predicted octanol–water partition coefficient (Wildman–Crippen LogP) is 5.60. The van der Waals surface area contributed by atoms with Gasteiger partial charge in [0.2, 0.25) is 0 Å². The Morgan fingerprint density at radius 1 is 0.583 bits per heavy atom. The van der Waals surface area contributed by atoms with Crippen LogP contribution in [0.4, 0.5) is 0 Å². The summed E-state index contributed by atoms with van der Waals surface area (Å²) in [4.78, 5) is 4.29. The second kappa shape index (κ2) is 12.1. The van der Waals surface area contributed by atoms with E-state index in [0.717, 1.165) is 59.8 Å². The highest BCUT2D eigenvalue weighted by atomic mass is 15.1. The summed E-state index contributed by atoms with van der Waals surface area (Å²) in [5, 5.41) is 9.77. The Hall–Kier alpha value is -4.06. The molecule has 0 N–H and O–H groups in total. The van der Waals surface area contributed by atoms with Crippen molar-refractivity contribution in [2.45, 2.75) is 40.8 Å². The number of hydrogen-bond acceptors (Lipinski definition) is 4. The van der Waals surface area contributed by atoms with Crippen molar-refractivity contribution in [1.82, 2.24) is 9.80 Å². The Labute approximate surface area is 214 Å². The fraction of sp³-hybridized carbons (Fsp3) is 0.267. The molecule has 2 aliphatic heterocycles. The molecule has 6 heteroatoms. The molecular weight excluding hydrogens is 444 g/mol. The molecule has 2 aromatic rings. The fourth-order valence-electron chi connectivity index (χ4n) is 3.97. The van der Waals surface area contributed by atoms with E-state index in [-0.39, 0.29) is 0 Å². The van der Waals surface area contributed by atoms with Crippen molar-refractivity contribution in [1.29, 1.82) is 0 Å². The maximum atomic E-state index is 4.89. The van der Waals surface area contributed by atoms with E-state index in [1.54, 1.807) is 0 Å². The van der Waals surface area contributed by atoms with Gasteiger partial charge in [-0.1, -0.05) is 0 Å². The number of rotatable bonds is 8. The van der Waals surface area contributed by atoms with Gasteiger partial charge >= 0.3 is 0 Å². The van der Waals surface area contributed by atoms with Crippen molar-refractivity contribution >= 4 is 11.4 Å². The maximum Gasteiger partial charge on any atom is 0.169 e. The van der Waals surface area contributed by atoms with Gasteiger partial charge in [0.15, 0.2) is 24.8 Å². The first-order chi connectivity index (χ1) is 17.6. The van der Waals surface area contributed by atoms with Gasteiger partial charge in [-0.25, -0.2) is 9.13 Å². The lowest BCUT2D eigenvalue weighted by molar-refractivity contribution is -0.693. The fourth-order valence-corrected chi connectivity index (χ4v) is 3.97. The number of azo groups is 1. The van der Waals surface area contributed by atoms with E-state index in [4.69, 9.17) is 10.2 Å². The van der Waals surface area contributed by atoms with Crippen molar-refractivity contribution in [3.63, 3.8) is 0 Å². The lowest BCUT2D eigenvalue weighted by Crippen LogP contribution is -2.30. The summed E-state index contributed by atoms with van der Waals surface area (Å²) in [6.45, 7) is 12.2. The van der Waals surface area contributed by atoms with Crippen molar-refractivity contribution in [2.24, 2.45) is 10.2 Å². The number of allylic oxidation sites excluding steroid dienone is 6. The molecule has 0 amide bonds. The zero-order valence-electron chi connectivity index (χ0n) is 21.7. The number of nitrogens with zero attached hydrogens (tertiary/aromatic N) is 6. The molecule has 0 aromatic carbocycles. The summed E-state index contributed by atoms with van der Waals surface area (Å²) < 4.78 is 4.29. The molecule has 36 heavy (non-hydrogen) atoms. The topological polar surface area (TPSA) is 39.0 Å². The van der Waals surface area contributed by atoms with Crippen LogP contribution < -0.4 is 9.13 Å². The Bertz CT molecular complexity index is 1130. The van der Waals surface area contributed by atoms with Crippen LogP contribution in [-0.2, 0) is 13.1 Å². The first kappa shape index (κ1) is 25.0. The molecule has 184 valence electrons. The van der Waals surface area contributed by atoms with Crippen molar-refractivity contribution in [2.75, 3.05) is 13.1 Å². The minimum atomic E-state index is 0.845. The molecule has 0 saturated heterocycles. The van der Waals surface area contributed by atoms with Gasteiger partial charge in [-0.15, -0.1) is 10.2 Å². The van der Waals surface area contributed by atoms with Gasteiger partial charge in [-0.2, -0.15) is 0 Å². The van der Waals surface area contributed by atoms with E-state index in [9.17, 15) is 0 Å². The Morgan fingerprint density at radius 2 is 0.917 bits per heavy atom. The quantitative estimate of drug-likeness (QED) is 0.364. The lowest BCUT2D eigenvalue weighted by atomic mass is 10.1. The van der Waals surface area contributed by atoms with Crippen LogP contribution in [0.25, 0.3) is 11.4 Å². The van der Waals surface area contributed by atoms with Gasteiger partial charge in [0.05, 0.1) is 0 Å². The Balaban J connectivity index is 1.80. The highest BCUT2D eigenvalue weighted by Crippen LogP contribution is 2.29. The average Bonchev–Trinajstić information content (AvgIpc) is 2.96. The van der Waals surface area contributed by atoms with Crippen molar-refractivity contribution < 1.29 is 9.13 Å². The molecule has 0 fully saturated rings. The van der Waals surface area contributed by atoms with Crippen LogP contribution in [0.2, 0.25) is 0 Å². The second-order valence-electron chi connectivity index (χ2n) is 8.57. The Morgan fingerprint density at radius 3 is 1.19 bits per heavy atom. The van der Waals surface area contributed by atoms with Crippen LogP contribution in [0.1, 0.15) is 38.8 Å². The summed E-state index contributed by atoms with van der Waals surface area (Å²) in [6, 6.07) is 8.44. The maximum absolute atomic E-state index is 4.89. The van der Waals surface area contributed by atoms with Crippen LogP contribution in [-0.4, -0.2) is 22.9 Å². The molecule has 4 rings (SSSR count). The van der Waals surface area contributed by atoms with Crippen molar-refractivity contribution in [3.8, 4) is 0 Å². The monoisotopic (exact) mass is 480 g/mol. The first-order valence-corrected chi connectivity index (χ1v) is 12.8. The summed E-state index contributed by atoms with van der Waals surface area (Å²) in [6.07, 6.45) is 25.2. The lowest BCUT2D eigenvalue weighted by Gasteiger charge is -2.18. The molecule has 0 unspecified atom stereocenters. The number of aromatic nitrogens is 2. The predicted molar refractivity (Wildman–Crippen MR) is 145 cm³/mol. The summed E-state index contributed by atoms with van der Waals surface area (Å²) in [5.74, 6) is 0. The van der Waals surface area contributed by atoms with E-state index in [2.05, 4.69) is 145 Å². The van der Waals surface area contributed by atoms with E-state index >= 15 is 0 Å². The normalized spacial score (nSPS) is 14.9. The van der Waals surface area contributed by atoms with E-state index in [0.29, 0.717) is 0 Å². The SMILES string of the molecule is CCN1C=CC(=C(N=NC(=C2C=CN(CC)C=C2)c2cc[n+](CC)cc2)c2cc[n+](CC)cc2)C=C1. The van der Waals surface area contributed by atoms with E-state index in [1.807, 2.05) is 0 Å². The minimum absolute atomic E-state index is 0.845. The number of aryl methyl sites for hydroxylation is 2. The van der Waals surface area contributed by atoms with Gasteiger partial charge in [0.1, 0.15) is 24.5 Å². The molecule has 0 aliphatic carbocycles. The molecule has 0 atom stereocenters. The first-order valence-electron chi connectivity index (χ1n) is 12.8. The Kier molecular flexibility index (Phi) is 8.40.